The minimum absolute atomic E-state index is 0.0746. The molecule has 1 aromatic rings. The summed E-state index contributed by atoms with van der Waals surface area (Å²) in [6, 6.07) is 0.272. The quantitative estimate of drug-likeness (QED) is 0.809. The summed E-state index contributed by atoms with van der Waals surface area (Å²) in [5.74, 6) is 0.549. The first kappa shape index (κ1) is 16.2. The van der Waals surface area contributed by atoms with Crippen LogP contribution in [-0.4, -0.2) is 28.7 Å². The van der Waals surface area contributed by atoms with E-state index >= 15 is 0 Å². The first-order valence-corrected chi connectivity index (χ1v) is 8.94. The number of amides is 1. The zero-order valence-electron chi connectivity index (χ0n) is 13.0. The zero-order valence-corrected chi connectivity index (χ0v) is 13.8. The first-order chi connectivity index (χ1) is 10.2. The van der Waals surface area contributed by atoms with Crippen LogP contribution < -0.4 is 10.6 Å². The van der Waals surface area contributed by atoms with Crippen LogP contribution in [0.4, 0.5) is 5.13 Å². The fourth-order valence-electron chi connectivity index (χ4n) is 2.94. The highest BCUT2D eigenvalue weighted by molar-refractivity contribution is 7.17. The van der Waals surface area contributed by atoms with Gasteiger partial charge < -0.3 is 10.6 Å². The summed E-state index contributed by atoms with van der Waals surface area (Å²) in [6.07, 6.45) is 8.40. The molecule has 0 spiro atoms. The van der Waals surface area contributed by atoms with Crippen molar-refractivity contribution in [3.05, 3.63) is 5.01 Å². The average molecular weight is 310 g/mol. The maximum absolute atomic E-state index is 12.3. The monoisotopic (exact) mass is 310 g/mol. The lowest BCUT2D eigenvalue weighted by atomic mass is 9.83. The Balaban J connectivity index is 1.90. The van der Waals surface area contributed by atoms with Crippen molar-refractivity contribution >= 4 is 22.4 Å². The topological polar surface area (TPSA) is 66.9 Å². The number of aromatic nitrogens is 2. The van der Waals surface area contributed by atoms with Crippen molar-refractivity contribution in [1.29, 1.82) is 0 Å². The first-order valence-electron chi connectivity index (χ1n) is 8.12. The van der Waals surface area contributed by atoms with E-state index in [4.69, 9.17) is 0 Å². The fourth-order valence-corrected chi connectivity index (χ4v) is 3.61. The van der Waals surface area contributed by atoms with Crippen LogP contribution >= 0.6 is 11.3 Å². The van der Waals surface area contributed by atoms with Gasteiger partial charge in [-0.25, -0.2) is 0 Å². The van der Waals surface area contributed by atoms with E-state index in [-0.39, 0.29) is 11.9 Å². The molecular weight excluding hydrogens is 284 g/mol. The number of carbonyl (C=O) groups is 1. The molecule has 1 amide bonds. The molecule has 2 rings (SSSR count). The average Bonchev–Trinajstić information content (AvgIpc) is 3.00. The van der Waals surface area contributed by atoms with Gasteiger partial charge in [0.25, 0.3) is 5.91 Å². The minimum atomic E-state index is -0.0746. The van der Waals surface area contributed by atoms with Gasteiger partial charge in [-0.2, -0.15) is 0 Å². The zero-order chi connectivity index (χ0) is 15.1. The summed E-state index contributed by atoms with van der Waals surface area (Å²) in [5, 5.41) is 15.5. The van der Waals surface area contributed by atoms with Crippen molar-refractivity contribution in [1.82, 2.24) is 15.5 Å². The Bertz CT molecular complexity index is 443. The highest BCUT2D eigenvalue weighted by Crippen LogP contribution is 2.28. The SMILES string of the molecule is CCCNc1nnc(C(=O)NC(CC)C2CCCCC2)s1. The molecule has 5 nitrogen and oxygen atoms in total. The maximum atomic E-state index is 12.3. The van der Waals surface area contributed by atoms with Crippen molar-refractivity contribution in [2.45, 2.75) is 64.8 Å². The Labute approximate surface area is 130 Å². The van der Waals surface area contributed by atoms with Gasteiger partial charge in [0.05, 0.1) is 0 Å². The Hall–Kier alpha value is -1.17. The van der Waals surface area contributed by atoms with E-state index in [1.165, 1.54) is 43.4 Å². The number of hydrogen-bond acceptors (Lipinski definition) is 5. The second-order valence-electron chi connectivity index (χ2n) is 5.73. The number of nitrogens with one attached hydrogen (secondary N) is 2. The number of nitrogens with zero attached hydrogens (tertiary/aromatic N) is 2. The number of anilines is 1. The van der Waals surface area contributed by atoms with E-state index < -0.39 is 0 Å². The maximum Gasteiger partial charge on any atom is 0.282 e. The van der Waals surface area contributed by atoms with E-state index in [0.29, 0.717) is 10.9 Å². The molecule has 0 aromatic carbocycles. The van der Waals surface area contributed by atoms with Crippen LogP contribution in [0.15, 0.2) is 0 Å². The van der Waals surface area contributed by atoms with Crippen molar-refractivity contribution in [2.75, 3.05) is 11.9 Å². The molecule has 1 aromatic heterocycles. The van der Waals surface area contributed by atoms with Crippen LogP contribution in [0.3, 0.4) is 0 Å². The molecule has 1 atom stereocenters. The molecule has 1 aliphatic carbocycles. The molecular formula is C15H26N4OS. The van der Waals surface area contributed by atoms with Crippen molar-refractivity contribution < 1.29 is 4.79 Å². The van der Waals surface area contributed by atoms with Gasteiger partial charge in [0.15, 0.2) is 0 Å². The lowest BCUT2D eigenvalue weighted by Gasteiger charge is -2.29. The smallest absolute Gasteiger partial charge is 0.282 e. The Morgan fingerprint density at radius 2 is 2.05 bits per heavy atom. The van der Waals surface area contributed by atoms with E-state index in [9.17, 15) is 4.79 Å². The summed E-state index contributed by atoms with van der Waals surface area (Å²) in [6.45, 7) is 5.10. The van der Waals surface area contributed by atoms with E-state index in [1.54, 1.807) is 0 Å². The normalized spacial score (nSPS) is 17.4. The largest absolute Gasteiger partial charge is 0.360 e. The van der Waals surface area contributed by atoms with Gasteiger partial charge in [-0.15, -0.1) is 10.2 Å². The predicted octanol–water partition coefficient (Wildman–Crippen LogP) is 3.45. The molecule has 1 unspecified atom stereocenters. The van der Waals surface area contributed by atoms with Gasteiger partial charge in [-0.3, -0.25) is 4.79 Å². The van der Waals surface area contributed by atoms with Gasteiger partial charge in [-0.05, 0) is 31.6 Å². The molecule has 1 aliphatic rings. The second-order valence-corrected chi connectivity index (χ2v) is 6.70. The van der Waals surface area contributed by atoms with Crippen LogP contribution in [0.1, 0.15) is 68.6 Å². The van der Waals surface area contributed by atoms with Gasteiger partial charge in [-0.1, -0.05) is 44.4 Å². The Kier molecular flexibility index (Phi) is 6.42. The second kappa shape index (κ2) is 8.32. The molecule has 1 fully saturated rings. The van der Waals surface area contributed by atoms with E-state index in [1.807, 2.05) is 0 Å². The standard InChI is InChI=1S/C15H26N4OS/c1-3-10-16-15-19-18-14(21-15)13(20)17-12(4-2)11-8-6-5-7-9-11/h11-12H,3-10H2,1-2H3,(H,16,19)(H,17,20). The third-order valence-electron chi connectivity index (χ3n) is 4.12. The number of hydrogen-bond donors (Lipinski definition) is 2. The van der Waals surface area contributed by atoms with Crippen molar-refractivity contribution in [2.24, 2.45) is 5.92 Å². The van der Waals surface area contributed by atoms with Crippen LogP contribution in [0.2, 0.25) is 0 Å². The number of rotatable bonds is 7. The van der Waals surface area contributed by atoms with Crippen LogP contribution in [0, 0.1) is 5.92 Å². The third-order valence-corrected chi connectivity index (χ3v) is 5.00. The molecule has 21 heavy (non-hydrogen) atoms. The minimum Gasteiger partial charge on any atom is -0.360 e. The lowest BCUT2D eigenvalue weighted by Crippen LogP contribution is -2.40. The van der Waals surface area contributed by atoms with Crippen molar-refractivity contribution in [3.8, 4) is 0 Å². The molecule has 1 saturated carbocycles. The number of carbonyl (C=O) groups excluding carboxylic acids is 1. The van der Waals surface area contributed by atoms with Crippen molar-refractivity contribution in [3.63, 3.8) is 0 Å². The van der Waals surface area contributed by atoms with Gasteiger partial charge >= 0.3 is 0 Å². The highest BCUT2D eigenvalue weighted by Gasteiger charge is 2.25. The van der Waals surface area contributed by atoms with Crippen LogP contribution in [-0.2, 0) is 0 Å². The molecule has 0 aliphatic heterocycles. The molecule has 2 N–H and O–H groups in total. The van der Waals surface area contributed by atoms with Gasteiger partial charge in [0.1, 0.15) is 0 Å². The molecule has 0 radical (unpaired) electrons. The fraction of sp³-hybridized carbons (Fsp3) is 0.800. The van der Waals surface area contributed by atoms with Crippen LogP contribution in [0.25, 0.3) is 0 Å². The van der Waals surface area contributed by atoms with E-state index in [2.05, 4.69) is 34.7 Å². The van der Waals surface area contributed by atoms with Gasteiger partial charge in [0, 0.05) is 12.6 Å². The third kappa shape index (κ3) is 4.66. The van der Waals surface area contributed by atoms with Crippen LogP contribution in [0.5, 0.6) is 0 Å². The Morgan fingerprint density at radius 3 is 2.71 bits per heavy atom. The molecule has 0 bridgehead atoms. The summed E-state index contributed by atoms with van der Waals surface area (Å²) < 4.78 is 0. The van der Waals surface area contributed by atoms with Gasteiger partial charge in [0.2, 0.25) is 10.1 Å². The lowest BCUT2D eigenvalue weighted by molar-refractivity contribution is 0.0910. The molecule has 0 saturated heterocycles. The Morgan fingerprint density at radius 1 is 1.29 bits per heavy atom. The molecule has 6 heteroatoms. The highest BCUT2D eigenvalue weighted by atomic mass is 32.1. The predicted molar refractivity (Wildman–Crippen MR) is 86.8 cm³/mol. The summed E-state index contributed by atoms with van der Waals surface area (Å²) >= 11 is 1.33. The summed E-state index contributed by atoms with van der Waals surface area (Å²) in [5.41, 5.74) is 0. The van der Waals surface area contributed by atoms with E-state index in [0.717, 1.165) is 24.5 Å². The molecule has 118 valence electrons. The molecule has 1 heterocycles. The summed E-state index contributed by atoms with van der Waals surface area (Å²) in [7, 11) is 0. The summed E-state index contributed by atoms with van der Waals surface area (Å²) in [4.78, 5) is 12.3.